The number of rotatable bonds is 6. The van der Waals surface area contributed by atoms with Crippen LogP contribution in [0.1, 0.15) is 21.9 Å². The highest BCUT2D eigenvalue weighted by atomic mass is 35.5. The first-order chi connectivity index (χ1) is 11.7. The standard InChI is InChI=1S/C17H22N4O2S.2ClH/c1-23-15-5-3-2-4-14(15)21-7-6-12(10-21)9-19-17(22)13-11-24-16(8-18)20-13;;/h2-5,11-12H,6-10,18H2,1H3,(H,19,22);2*1H. The topological polar surface area (TPSA) is 80.5 Å². The Morgan fingerprint density at radius 2 is 2.19 bits per heavy atom. The Balaban J connectivity index is 0.00000169. The second kappa shape index (κ2) is 10.6. The number of carbonyl (C=O) groups is 1. The number of methoxy groups -OCH3 is 1. The Bertz CT molecular complexity index is 714. The van der Waals surface area contributed by atoms with Gasteiger partial charge in [0.15, 0.2) is 0 Å². The van der Waals surface area contributed by atoms with E-state index in [4.69, 9.17) is 10.5 Å². The normalized spacial score (nSPS) is 15.8. The van der Waals surface area contributed by atoms with Gasteiger partial charge in [-0.25, -0.2) is 4.98 Å². The summed E-state index contributed by atoms with van der Waals surface area (Å²) < 4.78 is 5.43. The summed E-state index contributed by atoms with van der Waals surface area (Å²) >= 11 is 1.42. The van der Waals surface area contributed by atoms with Crippen molar-refractivity contribution in [2.75, 3.05) is 31.6 Å². The lowest BCUT2D eigenvalue weighted by atomic mass is 10.1. The van der Waals surface area contributed by atoms with E-state index in [1.54, 1.807) is 12.5 Å². The predicted molar refractivity (Wildman–Crippen MR) is 110 cm³/mol. The Labute approximate surface area is 169 Å². The van der Waals surface area contributed by atoms with Gasteiger partial charge >= 0.3 is 0 Å². The molecule has 1 atom stereocenters. The number of hydrogen-bond acceptors (Lipinski definition) is 6. The minimum absolute atomic E-state index is 0. The summed E-state index contributed by atoms with van der Waals surface area (Å²) in [6, 6.07) is 8.04. The highest BCUT2D eigenvalue weighted by molar-refractivity contribution is 7.09. The number of aromatic nitrogens is 1. The third-order valence-electron chi connectivity index (χ3n) is 4.22. The molecule has 0 aliphatic carbocycles. The van der Waals surface area contributed by atoms with Crippen molar-refractivity contribution >= 4 is 47.7 Å². The molecule has 0 bridgehead atoms. The van der Waals surface area contributed by atoms with Gasteiger partial charge < -0.3 is 20.7 Å². The van der Waals surface area contributed by atoms with E-state index in [0.717, 1.165) is 36.0 Å². The van der Waals surface area contributed by atoms with Gasteiger partial charge in [-0.3, -0.25) is 4.79 Å². The van der Waals surface area contributed by atoms with Crippen LogP contribution in [-0.4, -0.2) is 37.6 Å². The zero-order chi connectivity index (χ0) is 16.9. The van der Waals surface area contributed by atoms with E-state index in [1.807, 2.05) is 18.2 Å². The van der Waals surface area contributed by atoms with Crippen molar-refractivity contribution in [2.45, 2.75) is 13.0 Å². The summed E-state index contributed by atoms with van der Waals surface area (Å²) in [7, 11) is 1.69. The number of carbonyl (C=O) groups excluding carboxylic acids is 1. The molecule has 1 unspecified atom stereocenters. The molecule has 144 valence electrons. The van der Waals surface area contributed by atoms with E-state index >= 15 is 0 Å². The smallest absolute Gasteiger partial charge is 0.270 e. The summed E-state index contributed by atoms with van der Waals surface area (Å²) in [5.74, 6) is 1.19. The zero-order valence-electron chi connectivity index (χ0n) is 14.5. The molecule has 1 saturated heterocycles. The van der Waals surface area contributed by atoms with E-state index in [2.05, 4.69) is 21.3 Å². The lowest BCUT2D eigenvalue weighted by Gasteiger charge is -2.21. The van der Waals surface area contributed by atoms with Crippen LogP contribution in [0.2, 0.25) is 0 Å². The molecular weight excluding hydrogens is 395 g/mol. The van der Waals surface area contributed by atoms with E-state index in [-0.39, 0.29) is 30.7 Å². The minimum atomic E-state index is -0.123. The number of amides is 1. The second-order valence-electron chi connectivity index (χ2n) is 5.81. The zero-order valence-corrected chi connectivity index (χ0v) is 17.0. The summed E-state index contributed by atoms with van der Waals surface area (Å²) in [6.07, 6.45) is 1.05. The maximum Gasteiger partial charge on any atom is 0.270 e. The van der Waals surface area contributed by atoms with Crippen LogP contribution in [0.3, 0.4) is 0 Å². The third-order valence-corrected chi connectivity index (χ3v) is 5.09. The molecule has 6 nitrogen and oxygen atoms in total. The Hall–Kier alpha value is -1.54. The lowest BCUT2D eigenvalue weighted by Crippen LogP contribution is -2.31. The number of halogens is 2. The molecule has 1 aliphatic rings. The number of benzene rings is 1. The summed E-state index contributed by atoms with van der Waals surface area (Å²) in [6.45, 7) is 2.90. The van der Waals surface area contributed by atoms with Gasteiger partial charge in [-0.05, 0) is 24.5 Å². The van der Waals surface area contributed by atoms with Gasteiger partial charge in [0.05, 0.1) is 12.8 Å². The quantitative estimate of drug-likeness (QED) is 0.753. The van der Waals surface area contributed by atoms with E-state index in [0.29, 0.717) is 24.7 Å². The highest BCUT2D eigenvalue weighted by Crippen LogP contribution is 2.31. The molecule has 2 heterocycles. The van der Waals surface area contributed by atoms with Crippen LogP contribution in [0.15, 0.2) is 29.6 Å². The van der Waals surface area contributed by atoms with Gasteiger partial charge in [0.25, 0.3) is 5.91 Å². The molecule has 1 aromatic carbocycles. The van der Waals surface area contributed by atoms with Crippen LogP contribution in [0.25, 0.3) is 0 Å². The Morgan fingerprint density at radius 1 is 1.42 bits per heavy atom. The summed E-state index contributed by atoms with van der Waals surface area (Å²) in [4.78, 5) is 18.7. The van der Waals surface area contributed by atoms with Crippen molar-refractivity contribution in [3.63, 3.8) is 0 Å². The minimum Gasteiger partial charge on any atom is -0.495 e. The van der Waals surface area contributed by atoms with Gasteiger partial charge in [0.2, 0.25) is 0 Å². The molecule has 1 amide bonds. The average molecular weight is 419 g/mol. The monoisotopic (exact) mass is 418 g/mol. The number of nitrogens with zero attached hydrogens (tertiary/aromatic N) is 2. The molecule has 1 aliphatic heterocycles. The Kier molecular flexibility index (Phi) is 9.15. The number of thiazole rings is 1. The van der Waals surface area contributed by atoms with E-state index in [9.17, 15) is 4.79 Å². The van der Waals surface area contributed by atoms with Crippen LogP contribution in [0.4, 0.5) is 5.69 Å². The first kappa shape index (κ1) is 22.5. The van der Waals surface area contributed by atoms with Gasteiger partial charge in [0.1, 0.15) is 16.5 Å². The maximum atomic E-state index is 12.1. The predicted octanol–water partition coefficient (Wildman–Crippen LogP) is 2.71. The molecule has 0 radical (unpaired) electrons. The van der Waals surface area contributed by atoms with Crippen LogP contribution in [0, 0.1) is 5.92 Å². The first-order valence-corrected chi connectivity index (χ1v) is 8.90. The third kappa shape index (κ3) is 5.23. The molecule has 0 saturated carbocycles. The fourth-order valence-corrected chi connectivity index (χ4v) is 3.60. The lowest BCUT2D eigenvalue weighted by molar-refractivity contribution is 0.0944. The second-order valence-corrected chi connectivity index (χ2v) is 6.76. The fraction of sp³-hybridized carbons (Fsp3) is 0.412. The van der Waals surface area contributed by atoms with E-state index in [1.165, 1.54) is 11.3 Å². The number of anilines is 1. The summed E-state index contributed by atoms with van der Waals surface area (Å²) in [5.41, 5.74) is 7.10. The van der Waals surface area contributed by atoms with Gasteiger partial charge in [0, 0.05) is 31.6 Å². The molecule has 2 aromatic rings. The number of hydrogen-bond donors (Lipinski definition) is 2. The van der Waals surface area contributed by atoms with Crippen molar-refractivity contribution in [2.24, 2.45) is 11.7 Å². The van der Waals surface area contributed by atoms with Crippen LogP contribution in [-0.2, 0) is 6.54 Å². The molecule has 1 fully saturated rings. The van der Waals surface area contributed by atoms with Crippen molar-refractivity contribution < 1.29 is 9.53 Å². The molecule has 0 spiro atoms. The molecule has 9 heteroatoms. The maximum absolute atomic E-state index is 12.1. The van der Waals surface area contributed by atoms with Gasteiger partial charge in [-0.1, -0.05) is 12.1 Å². The molecule has 26 heavy (non-hydrogen) atoms. The molecule has 3 rings (SSSR count). The highest BCUT2D eigenvalue weighted by Gasteiger charge is 2.25. The van der Waals surface area contributed by atoms with Crippen LogP contribution >= 0.6 is 36.2 Å². The largest absolute Gasteiger partial charge is 0.495 e. The average Bonchev–Trinajstić information content (AvgIpc) is 3.29. The SMILES string of the molecule is COc1ccccc1N1CCC(CNC(=O)c2csc(CN)n2)C1.Cl.Cl. The Morgan fingerprint density at radius 3 is 2.88 bits per heavy atom. The molecular formula is C17H24Cl2N4O2S. The number of nitrogens with two attached hydrogens (primary N) is 1. The van der Waals surface area contributed by atoms with Crippen molar-refractivity contribution in [1.82, 2.24) is 10.3 Å². The van der Waals surface area contributed by atoms with Crippen LogP contribution in [0.5, 0.6) is 5.75 Å². The molecule has 3 N–H and O–H groups in total. The molecule has 1 aromatic heterocycles. The van der Waals surface area contributed by atoms with Crippen LogP contribution < -0.4 is 20.7 Å². The van der Waals surface area contributed by atoms with Crippen molar-refractivity contribution in [3.8, 4) is 5.75 Å². The number of nitrogens with one attached hydrogen (secondary N) is 1. The van der Waals surface area contributed by atoms with Gasteiger partial charge in [-0.2, -0.15) is 0 Å². The number of para-hydroxylation sites is 2. The van der Waals surface area contributed by atoms with Crippen molar-refractivity contribution in [3.05, 3.63) is 40.3 Å². The first-order valence-electron chi connectivity index (χ1n) is 8.02. The van der Waals surface area contributed by atoms with Crippen molar-refractivity contribution in [1.29, 1.82) is 0 Å². The number of ether oxygens (including phenoxy) is 1. The summed E-state index contributed by atoms with van der Waals surface area (Å²) in [5, 5.41) is 5.52. The van der Waals surface area contributed by atoms with Gasteiger partial charge in [-0.15, -0.1) is 36.2 Å². The van der Waals surface area contributed by atoms with E-state index < -0.39 is 0 Å². The fourth-order valence-electron chi connectivity index (χ4n) is 2.95.